The van der Waals surface area contributed by atoms with Gasteiger partial charge in [-0.25, -0.2) is 4.39 Å². The maximum Gasteiger partial charge on any atom is 0.126 e. The molecule has 0 aromatic heterocycles. The van der Waals surface area contributed by atoms with Gasteiger partial charge in [0.05, 0.1) is 0 Å². The summed E-state index contributed by atoms with van der Waals surface area (Å²) in [5.41, 5.74) is 5.78. The molecule has 0 aliphatic carbocycles. The number of hydrogen-bond donors (Lipinski definition) is 1. The summed E-state index contributed by atoms with van der Waals surface area (Å²) in [6.07, 6.45) is 1.49. The number of carbonyl (C=O) groups is 1. The minimum absolute atomic E-state index is 0.308. The van der Waals surface area contributed by atoms with Gasteiger partial charge in [-0.2, -0.15) is 0 Å². The van der Waals surface area contributed by atoms with Crippen molar-refractivity contribution < 1.29 is 13.9 Å². The van der Waals surface area contributed by atoms with Crippen LogP contribution in [-0.4, -0.2) is 19.4 Å². The molecule has 4 heteroatoms. The van der Waals surface area contributed by atoms with Crippen LogP contribution in [0, 0.1) is 5.82 Å². The average molecular weight is 211 g/mol. The van der Waals surface area contributed by atoms with Gasteiger partial charge in [-0.3, -0.25) is 0 Å². The Bertz CT molecular complexity index is 328. The molecule has 1 rings (SSSR count). The Kier molecular flexibility index (Phi) is 4.77. The number of nitrogens with two attached hydrogens (primary N) is 1. The third-order valence-electron chi connectivity index (χ3n) is 1.94. The van der Waals surface area contributed by atoms with E-state index in [2.05, 4.69) is 0 Å². The Balaban J connectivity index is 2.70. The van der Waals surface area contributed by atoms with E-state index in [0.717, 1.165) is 6.29 Å². The smallest absolute Gasteiger partial charge is 0.126 e. The summed E-state index contributed by atoms with van der Waals surface area (Å²) in [5, 5.41) is 0. The van der Waals surface area contributed by atoms with E-state index < -0.39 is 0 Å². The van der Waals surface area contributed by atoms with Gasteiger partial charge in [0, 0.05) is 13.0 Å². The van der Waals surface area contributed by atoms with Crippen molar-refractivity contribution in [2.24, 2.45) is 5.73 Å². The summed E-state index contributed by atoms with van der Waals surface area (Å²) >= 11 is 0. The van der Waals surface area contributed by atoms with Gasteiger partial charge in [-0.05, 0) is 30.2 Å². The molecule has 0 unspecified atom stereocenters. The molecular weight excluding hydrogens is 197 g/mol. The van der Waals surface area contributed by atoms with E-state index in [1.807, 2.05) is 0 Å². The van der Waals surface area contributed by atoms with Crippen molar-refractivity contribution in [3.8, 4) is 5.75 Å². The molecule has 0 amide bonds. The molecule has 0 bridgehead atoms. The summed E-state index contributed by atoms with van der Waals surface area (Å²) < 4.78 is 18.5. The van der Waals surface area contributed by atoms with Crippen LogP contribution >= 0.6 is 0 Å². The lowest BCUT2D eigenvalue weighted by molar-refractivity contribution is -0.107. The summed E-state index contributed by atoms with van der Waals surface area (Å²) in [6.45, 7) is 0.819. The van der Waals surface area contributed by atoms with Crippen molar-refractivity contribution in [1.29, 1.82) is 0 Å². The molecular formula is C11H14FNO2. The van der Waals surface area contributed by atoms with Crippen molar-refractivity contribution >= 4 is 6.29 Å². The second kappa shape index (κ2) is 6.14. The molecule has 0 saturated carbocycles. The lowest BCUT2D eigenvalue weighted by atomic mass is 10.1. The maximum atomic E-state index is 13.2. The molecule has 0 fully saturated rings. The van der Waals surface area contributed by atoms with E-state index in [-0.39, 0.29) is 5.82 Å². The molecule has 1 aromatic carbocycles. The normalized spacial score (nSPS) is 10.0. The Morgan fingerprint density at radius 2 is 2.27 bits per heavy atom. The van der Waals surface area contributed by atoms with Crippen molar-refractivity contribution in [2.75, 3.05) is 13.2 Å². The Morgan fingerprint density at radius 3 is 2.93 bits per heavy atom. The molecule has 2 N–H and O–H groups in total. The second-order valence-corrected chi connectivity index (χ2v) is 3.10. The summed E-state index contributed by atoms with van der Waals surface area (Å²) in [5.74, 6) is 0.277. The molecule has 0 aliphatic rings. The molecule has 0 atom stereocenters. The first-order valence-corrected chi connectivity index (χ1v) is 4.83. The van der Waals surface area contributed by atoms with Crippen LogP contribution < -0.4 is 10.5 Å². The highest BCUT2D eigenvalue weighted by Gasteiger charge is 2.03. The number of benzene rings is 1. The monoisotopic (exact) mass is 211 g/mol. The van der Waals surface area contributed by atoms with Gasteiger partial charge in [0.15, 0.2) is 0 Å². The lowest BCUT2D eigenvalue weighted by Crippen LogP contribution is -2.10. The molecule has 82 valence electrons. The van der Waals surface area contributed by atoms with E-state index >= 15 is 0 Å². The van der Waals surface area contributed by atoms with E-state index in [1.165, 1.54) is 6.07 Å². The van der Waals surface area contributed by atoms with Crippen LogP contribution in [0.3, 0.4) is 0 Å². The molecule has 15 heavy (non-hydrogen) atoms. The van der Waals surface area contributed by atoms with E-state index in [9.17, 15) is 9.18 Å². The topological polar surface area (TPSA) is 52.3 Å². The third-order valence-corrected chi connectivity index (χ3v) is 1.94. The predicted molar refractivity (Wildman–Crippen MR) is 55.3 cm³/mol. The number of carbonyl (C=O) groups excluding carboxylic acids is 1. The van der Waals surface area contributed by atoms with Crippen molar-refractivity contribution in [1.82, 2.24) is 0 Å². The van der Waals surface area contributed by atoms with E-state index in [4.69, 9.17) is 10.5 Å². The molecule has 0 spiro atoms. The van der Waals surface area contributed by atoms with Gasteiger partial charge in [-0.15, -0.1) is 0 Å². The molecule has 0 radical (unpaired) electrons. The fraction of sp³-hybridized carbons (Fsp3) is 0.364. The molecule has 1 aromatic rings. The lowest BCUT2D eigenvalue weighted by Gasteiger charge is -2.07. The quantitative estimate of drug-likeness (QED) is 0.721. The summed E-state index contributed by atoms with van der Waals surface area (Å²) in [7, 11) is 0. The number of hydrogen-bond acceptors (Lipinski definition) is 3. The van der Waals surface area contributed by atoms with Gasteiger partial charge in [-0.1, -0.05) is 0 Å². The maximum absolute atomic E-state index is 13.2. The number of aldehydes is 1. The highest BCUT2D eigenvalue weighted by atomic mass is 19.1. The SMILES string of the molecule is NCCOc1ccc(F)c(CCC=O)c1. The fourth-order valence-electron chi connectivity index (χ4n) is 1.22. The van der Waals surface area contributed by atoms with Crippen LogP contribution in [0.1, 0.15) is 12.0 Å². The van der Waals surface area contributed by atoms with Crippen LogP contribution in [0.25, 0.3) is 0 Å². The second-order valence-electron chi connectivity index (χ2n) is 3.10. The van der Waals surface area contributed by atoms with Crippen LogP contribution in [0.5, 0.6) is 5.75 Å². The van der Waals surface area contributed by atoms with Crippen LogP contribution in [0.2, 0.25) is 0 Å². The first-order chi connectivity index (χ1) is 7.27. The zero-order chi connectivity index (χ0) is 11.1. The average Bonchev–Trinajstić information content (AvgIpc) is 2.26. The standard InChI is InChI=1S/C11H14FNO2/c12-11-4-3-10(15-7-5-13)8-9(11)2-1-6-14/h3-4,6,8H,1-2,5,7,13H2. The van der Waals surface area contributed by atoms with Crippen molar-refractivity contribution in [3.63, 3.8) is 0 Å². The van der Waals surface area contributed by atoms with Gasteiger partial charge in [0.25, 0.3) is 0 Å². The van der Waals surface area contributed by atoms with Gasteiger partial charge < -0.3 is 15.3 Å². The molecule has 0 aliphatic heterocycles. The zero-order valence-electron chi connectivity index (χ0n) is 8.41. The van der Waals surface area contributed by atoms with Crippen molar-refractivity contribution in [2.45, 2.75) is 12.8 Å². The fourth-order valence-corrected chi connectivity index (χ4v) is 1.22. The van der Waals surface area contributed by atoms with Gasteiger partial charge >= 0.3 is 0 Å². The van der Waals surface area contributed by atoms with Crippen LogP contribution in [0.4, 0.5) is 4.39 Å². The first-order valence-electron chi connectivity index (χ1n) is 4.83. The Morgan fingerprint density at radius 1 is 1.47 bits per heavy atom. The van der Waals surface area contributed by atoms with E-state index in [1.54, 1.807) is 12.1 Å². The zero-order valence-corrected chi connectivity index (χ0v) is 8.41. The first kappa shape index (κ1) is 11.7. The summed E-state index contributed by atoms with van der Waals surface area (Å²) in [4.78, 5) is 10.2. The minimum atomic E-state index is -0.308. The van der Waals surface area contributed by atoms with Crippen LogP contribution in [-0.2, 0) is 11.2 Å². The van der Waals surface area contributed by atoms with Crippen LogP contribution in [0.15, 0.2) is 18.2 Å². The predicted octanol–water partition coefficient (Wildman–Crippen LogP) is 1.29. The molecule has 0 heterocycles. The van der Waals surface area contributed by atoms with Gasteiger partial charge in [0.1, 0.15) is 24.5 Å². The van der Waals surface area contributed by atoms with Crippen molar-refractivity contribution in [3.05, 3.63) is 29.6 Å². The number of ether oxygens (including phenoxy) is 1. The number of rotatable bonds is 6. The van der Waals surface area contributed by atoms with E-state index in [0.29, 0.717) is 37.3 Å². The largest absolute Gasteiger partial charge is 0.492 e. The third kappa shape index (κ3) is 3.67. The highest BCUT2D eigenvalue weighted by Crippen LogP contribution is 2.17. The number of aryl methyl sites for hydroxylation is 1. The Hall–Kier alpha value is -1.42. The number of halogens is 1. The molecule has 3 nitrogen and oxygen atoms in total. The summed E-state index contributed by atoms with van der Waals surface area (Å²) in [6, 6.07) is 4.50. The highest BCUT2D eigenvalue weighted by molar-refractivity contribution is 5.50. The Labute approximate surface area is 88.0 Å². The minimum Gasteiger partial charge on any atom is -0.492 e. The van der Waals surface area contributed by atoms with Gasteiger partial charge in [0.2, 0.25) is 0 Å². The molecule has 0 saturated heterocycles.